The van der Waals surface area contributed by atoms with Gasteiger partial charge in [-0.1, -0.05) is 25.5 Å². The van der Waals surface area contributed by atoms with Gasteiger partial charge >= 0.3 is 0 Å². The van der Waals surface area contributed by atoms with E-state index in [0.29, 0.717) is 6.54 Å². The molecule has 0 unspecified atom stereocenters. The Morgan fingerprint density at radius 2 is 1.91 bits per heavy atom. The molecule has 1 aliphatic heterocycles. The maximum absolute atomic E-state index is 7.00. The van der Waals surface area contributed by atoms with Gasteiger partial charge in [0, 0.05) is 32.8 Å². The van der Waals surface area contributed by atoms with Crippen LogP contribution in [0, 0.1) is 0 Å². The second kappa shape index (κ2) is 11.8. The number of nitrogen functional groups attached to an aromatic ring is 1. The summed E-state index contributed by atoms with van der Waals surface area (Å²) in [7, 11) is 4.75. The second-order valence-corrected chi connectivity index (χ2v) is 8.37. The van der Waals surface area contributed by atoms with Crippen molar-refractivity contribution in [3.63, 3.8) is 0 Å². The summed E-state index contributed by atoms with van der Waals surface area (Å²) < 4.78 is 7.60. The normalized spacial score (nSPS) is 13.7. The van der Waals surface area contributed by atoms with E-state index in [-0.39, 0.29) is 5.95 Å². The fourth-order valence-corrected chi connectivity index (χ4v) is 4.20. The van der Waals surface area contributed by atoms with Crippen LogP contribution in [0.25, 0.3) is 11.0 Å². The van der Waals surface area contributed by atoms with Crippen LogP contribution in [-0.4, -0.2) is 70.7 Å². The number of anilines is 2. The lowest BCUT2D eigenvalue weighted by atomic mass is 10.1. The predicted molar refractivity (Wildman–Crippen MR) is 133 cm³/mol. The number of rotatable bonds is 9. The van der Waals surface area contributed by atoms with Gasteiger partial charge in [0.05, 0.1) is 19.9 Å². The van der Waals surface area contributed by atoms with Crippen molar-refractivity contribution in [1.82, 2.24) is 24.6 Å². The van der Waals surface area contributed by atoms with Crippen molar-refractivity contribution >= 4 is 22.8 Å². The van der Waals surface area contributed by atoms with Crippen LogP contribution >= 0.6 is 0 Å². The van der Waals surface area contributed by atoms with Gasteiger partial charge in [-0.05, 0) is 44.0 Å². The van der Waals surface area contributed by atoms with Crippen molar-refractivity contribution in [2.45, 2.75) is 45.7 Å². The number of benzene rings is 1. The minimum atomic E-state index is 0.272. The largest absolute Gasteiger partial charge is 0.496 e. The molecule has 180 valence electrons. The minimum Gasteiger partial charge on any atom is -0.496 e. The number of aliphatic hydroxyl groups is 1. The monoisotopic (exact) mass is 455 g/mol. The first-order valence-electron chi connectivity index (χ1n) is 11.6. The Balaban J connectivity index is 0.00000149. The molecule has 0 atom stereocenters. The Hall–Kier alpha value is -2.91. The summed E-state index contributed by atoms with van der Waals surface area (Å²) in [6.45, 7) is 7.02. The molecule has 3 heterocycles. The van der Waals surface area contributed by atoms with E-state index in [9.17, 15) is 0 Å². The van der Waals surface area contributed by atoms with E-state index in [1.54, 1.807) is 7.11 Å². The molecule has 1 fully saturated rings. The van der Waals surface area contributed by atoms with Gasteiger partial charge < -0.3 is 20.5 Å². The highest BCUT2D eigenvalue weighted by Crippen LogP contribution is 2.26. The standard InChI is InChI=1S/C23H33N7O.CH4O/c1-4-5-10-28(2)22-21-19(25-23(24)26-22)16-30(27-21)15-18-9-8-17(13-20(18)31-3)14-29-11-6-7-12-29;1-2/h8-9,13,16H,4-7,10-12,14-15H2,1-3H3,(H2,24,25);2H,1H3. The number of nitrogens with two attached hydrogens (primary N) is 1. The summed E-state index contributed by atoms with van der Waals surface area (Å²) in [5.74, 6) is 1.94. The number of likely N-dealkylation sites (tertiary alicyclic amines) is 1. The third kappa shape index (κ3) is 6.11. The number of ether oxygens (including phenoxy) is 1. The first-order chi connectivity index (χ1) is 16.1. The molecule has 4 rings (SSSR count). The number of unbranched alkanes of at least 4 members (excludes halogenated alkanes) is 1. The van der Waals surface area contributed by atoms with Crippen molar-refractivity contribution in [2.24, 2.45) is 0 Å². The molecule has 3 aromatic rings. The van der Waals surface area contributed by atoms with E-state index in [4.69, 9.17) is 20.7 Å². The molecule has 0 saturated carbocycles. The van der Waals surface area contributed by atoms with E-state index in [0.717, 1.165) is 61.2 Å². The van der Waals surface area contributed by atoms with E-state index >= 15 is 0 Å². The Labute approximate surface area is 196 Å². The highest BCUT2D eigenvalue weighted by atomic mass is 16.5. The fraction of sp³-hybridized carbons (Fsp3) is 0.542. The van der Waals surface area contributed by atoms with E-state index in [1.807, 2.05) is 17.9 Å². The minimum absolute atomic E-state index is 0.272. The number of hydrogen-bond acceptors (Lipinski definition) is 8. The van der Waals surface area contributed by atoms with Gasteiger partial charge in [-0.2, -0.15) is 10.1 Å². The van der Waals surface area contributed by atoms with Crippen molar-refractivity contribution in [3.05, 3.63) is 35.5 Å². The zero-order valence-electron chi connectivity index (χ0n) is 20.3. The third-order valence-electron chi connectivity index (χ3n) is 5.91. The predicted octanol–water partition coefficient (Wildman–Crippen LogP) is 2.91. The topological polar surface area (TPSA) is 106 Å². The lowest BCUT2D eigenvalue weighted by molar-refractivity contribution is 0.330. The first kappa shape index (κ1) is 24.7. The number of fused-ring (bicyclic) bond motifs is 1. The van der Waals surface area contributed by atoms with Crippen molar-refractivity contribution in [1.29, 1.82) is 0 Å². The molecule has 1 aliphatic rings. The smallest absolute Gasteiger partial charge is 0.222 e. The summed E-state index contributed by atoms with van der Waals surface area (Å²) in [6.07, 6.45) is 6.73. The highest BCUT2D eigenvalue weighted by Gasteiger charge is 2.16. The van der Waals surface area contributed by atoms with Crippen LogP contribution in [0.15, 0.2) is 24.4 Å². The number of aromatic nitrogens is 4. The number of aliphatic hydroxyl groups excluding tert-OH is 1. The van der Waals surface area contributed by atoms with E-state index in [2.05, 4.69) is 44.9 Å². The van der Waals surface area contributed by atoms with Gasteiger partial charge in [0.15, 0.2) is 11.3 Å². The quantitative estimate of drug-likeness (QED) is 0.507. The second-order valence-electron chi connectivity index (χ2n) is 8.37. The molecule has 2 aromatic heterocycles. The molecule has 33 heavy (non-hydrogen) atoms. The number of methoxy groups -OCH3 is 1. The summed E-state index contributed by atoms with van der Waals surface area (Å²) >= 11 is 0. The van der Waals surface area contributed by atoms with Gasteiger partial charge in [0.1, 0.15) is 11.3 Å². The average molecular weight is 456 g/mol. The molecule has 1 aromatic carbocycles. The summed E-state index contributed by atoms with van der Waals surface area (Å²) in [5, 5.41) is 11.8. The maximum Gasteiger partial charge on any atom is 0.222 e. The number of nitrogens with zero attached hydrogens (tertiary/aromatic N) is 6. The molecule has 9 heteroatoms. The Morgan fingerprint density at radius 3 is 2.61 bits per heavy atom. The number of hydrogen-bond donors (Lipinski definition) is 2. The molecule has 1 saturated heterocycles. The molecule has 0 radical (unpaired) electrons. The lowest BCUT2D eigenvalue weighted by Gasteiger charge is -2.18. The molecule has 3 N–H and O–H groups in total. The van der Waals surface area contributed by atoms with E-state index in [1.165, 1.54) is 31.5 Å². The SMILES string of the molecule is CCCCN(C)c1nc(N)nc2cn(Cc3ccc(CN4CCCC4)cc3OC)nc12.CO. The van der Waals surface area contributed by atoms with Crippen LogP contribution in [0.3, 0.4) is 0 Å². The first-order valence-corrected chi connectivity index (χ1v) is 11.6. The average Bonchev–Trinajstić information content (AvgIpc) is 3.48. The van der Waals surface area contributed by atoms with Crippen LogP contribution < -0.4 is 15.4 Å². The maximum atomic E-state index is 7.00. The Bertz CT molecular complexity index is 1030. The summed E-state index contributed by atoms with van der Waals surface area (Å²) in [5.41, 5.74) is 9.88. The molecule has 9 nitrogen and oxygen atoms in total. The zero-order chi connectivity index (χ0) is 23.8. The Morgan fingerprint density at radius 1 is 1.15 bits per heavy atom. The van der Waals surface area contributed by atoms with Gasteiger partial charge in [0.25, 0.3) is 0 Å². The third-order valence-corrected chi connectivity index (χ3v) is 5.91. The van der Waals surface area contributed by atoms with Gasteiger partial charge in [-0.25, -0.2) is 4.98 Å². The van der Waals surface area contributed by atoms with Crippen molar-refractivity contribution in [3.8, 4) is 5.75 Å². The molecule has 0 aliphatic carbocycles. The van der Waals surface area contributed by atoms with Crippen molar-refractivity contribution < 1.29 is 9.84 Å². The van der Waals surface area contributed by atoms with Gasteiger partial charge in [0.2, 0.25) is 5.95 Å². The van der Waals surface area contributed by atoms with Crippen LogP contribution in [0.1, 0.15) is 43.7 Å². The van der Waals surface area contributed by atoms with Crippen LogP contribution in [0.5, 0.6) is 5.75 Å². The molecule has 0 spiro atoms. The van der Waals surface area contributed by atoms with Crippen LogP contribution in [0.2, 0.25) is 0 Å². The molecule has 0 bridgehead atoms. The van der Waals surface area contributed by atoms with Gasteiger partial charge in [-0.15, -0.1) is 0 Å². The van der Waals surface area contributed by atoms with Crippen LogP contribution in [0.4, 0.5) is 11.8 Å². The van der Waals surface area contributed by atoms with E-state index < -0.39 is 0 Å². The van der Waals surface area contributed by atoms with Gasteiger partial charge in [-0.3, -0.25) is 9.58 Å². The lowest BCUT2D eigenvalue weighted by Crippen LogP contribution is -2.20. The molecular weight excluding hydrogens is 418 g/mol. The Kier molecular flexibility index (Phi) is 8.85. The summed E-state index contributed by atoms with van der Waals surface area (Å²) in [6, 6.07) is 6.49. The van der Waals surface area contributed by atoms with Crippen LogP contribution in [-0.2, 0) is 13.1 Å². The fourth-order valence-electron chi connectivity index (χ4n) is 4.20. The molecular formula is C24H37N7O2. The zero-order valence-corrected chi connectivity index (χ0v) is 20.3. The van der Waals surface area contributed by atoms with Crippen molar-refractivity contribution in [2.75, 3.05) is 51.5 Å². The summed E-state index contributed by atoms with van der Waals surface area (Å²) in [4.78, 5) is 13.5. The molecule has 0 amide bonds. The highest BCUT2D eigenvalue weighted by molar-refractivity contribution is 5.86.